The van der Waals surface area contributed by atoms with E-state index in [1.165, 1.54) is 5.56 Å². The Hall–Kier alpha value is -2.82. The zero-order chi connectivity index (χ0) is 18.1. The maximum absolute atomic E-state index is 12.7. The molecule has 1 aromatic heterocycles. The number of nitrogens with one attached hydrogen (secondary N) is 1. The third-order valence-electron chi connectivity index (χ3n) is 5.19. The van der Waals surface area contributed by atoms with Gasteiger partial charge in [-0.15, -0.1) is 0 Å². The van der Waals surface area contributed by atoms with Crippen molar-refractivity contribution >= 4 is 16.9 Å². The van der Waals surface area contributed by atoms with Crippen LogP contribution >= 0.6 is 0 Å². The van der Waals surface area contributed by atoms with Crippen molar-refractivity contribution in [2.24, 2.45) is 0 Å². The average Bonchev–Trinajstić information content (AvgIpc) is 3.09. The van der Waals surface area contributed by atoms with E-state index in [1.54, 1.807) is 24.3 Å². The normalized spacial score (nSPS) is 17.6. The van der Waals surface area contributed by atoms with Crippen LogP contribution < -0.4 is 0 Å². The summed E-state index contributed by atoms with van der Waals surface area (Å²) in [6.07, 6.45) is 2.40. The number of aromatic amines is 1. The van der Waals surface area contributed by atoms with E-state index in [0.29, 0.717) is 13.0 Å². The van der Waals surface area contributed by atoms with Crippen molar-refractivity contribution in [2.45, 2.75) is 32.1 Å². The lowest BCUT2D eigenvalue weighted by atomic mass is 9.96. The number of carbonyl (C=O) groups is 1. The van der Waals surface area contributed by atoms with Gasteiger partial charge in [0.05, 0.1) is 17.5 Å². The number of H-pyrrole nitrogens is 1. The molecule has 0 bridgehead atoms. The van der Waals surface area contributed by atoms with Crippen molar-refractivity contribution in [2.75, 3.05) is 13.1 Å². The molecule has 2 heterocycles. The van der Waals surface area contributed by atoms with Crippen molar-refractivity contribution in [3.05, 3.63) is 59.4 Å². The van der Waals surface area contributed by atoms with Gasteiger partial charge in [-0.2, -0.15) is 0 Å². The van der Waals surface area contributed by atoms with Crippen LogP contribution in [0, 0.1) is 6.92 Å². The van der Waals surface area contributed by atoms with E-state index in [4.69, 9.17) is 4.98 Å². The highest BCUT2D eigenvalue weighted by Crippen LogP contribution is 2.28. The molecule has 3 aromatic rings. The van der Waals surface area contributed by atoms with Gasteiger partial charge in [-0.1, -0.05) is 24.3 Å². The summed E-state index contributed by atoms with van der Waals surface area (Å²) < 4.78 is 0. The Morgan fingerprint density at radius 1 is 1.27 bits per heavy atom. The highest BCUT2D eigenvalue weighted by Gasteiger charge is 2.26. The number of fused-ring (bicyclic) bond motifs is 1. The fourth-order valence-corrected chi connectivity index (χ4v) is 3.72. The van der Waals surface area contributed by atoms with E-state index in [-0.39, 0.29) is 17.6 Å². The summed E-state index contributed by atoms with van der Waals surface area (Å²) in [4.78, 5) is 22.9. The topological polar surface area (TPSA) is 69.2 Å². The molecule has 1 atom stereocenters. The molecule has 5 nitrogen and oxygen atoms in total. The largest absolute Gasteiger partial charge is 0.508 e. The summed E-state index contributed by atoms with van der Waals surface area (Å²) in [6.45, 7) is 3.57. The number of carbonyl (C=O) groups excluding carboxylic acids is 1. The van der Waals surface area contributed by atoms with Crippen molar-refractivity contribution in [1.29, 1.82) is 0 Å². The number of phenols is 1. The van der Waals surface area contributed by atoms with Crippen molar-refractivity contribution in [3.8, 4) is 5.75 Å². The molecular formula is C21H23N3O2. The molecule has 5 heteroatoms. The van der Waals surface area contributed by atoms with Gasteiger partial charge < -0.3 is 15.0 Å². The van der Waals surface area contributed by atoms with Crippen LogP contribution in [0.1, 0.15) is 35.7 Å². The van der Waals surface area contributed by atoms with Gasteiger partial charge in [0.2, 0.25) is 5.91 Å². The number of likely N-dealkylation sites (tertiary alicyclic amines) is 1. The Balaban J connectivity index is 1.48. The number of aromatic hydroxyl groups is 1. The van der Waals surface area contributed by atoms with Gasteiger partial charge in [0.25, 0.3) is 0 Å². The first kappa shape index (κ1) is 16.6. The highest BCUT2D eigenvalue weighted by molar-refractivity contribution is 5.80. The fraction of sp³-hybridized carbons (Fsp3) is 0.333. The standard InChI is InChI=1S/C21H23N3O2/c1-14-4-2-6-18-20(14)23-21(22-18)16-5-3-11-24(13-16)19(26)12-15-7-9-17(25)10-8-15/h2,4,6-10,16,25H,3,5,11-13H2,1H3,(H,22,23). The van der Waals surface area contributed by atoms with E-state index in [0.717, 1.165) is 41.8 Å². The Morgan fingerprint density at radius 2 is 2.08 bits per heavy atom. The molecule has 1 fully saturated rings. The lowest BCUT2D eigenvalue weighted by Gasteiger charge is -2.32. The molecule has 1 aliphatic heterocycles. The van der Waals surface area contributed by atoms with Crippen LogP contribution in [0.15, 0.2) is 42.5 Å². The quantitative estimate of drug-likeness (QED) is 0.760. The van der Waals surface area contributed by atoms with Gasteiger partial charge in [-0.3, -0.25) is 4.79 Å². The molecule has 2 aromatic carbocycles. The Morgan fingerprint density at radius 3 is 2.85 bits per heavy atom. The Bertz CT molecular complexity index is 930. The number of amides is 1. The van der Waals surface area contributed by atoms with E-state index in [9.17, 15) is 9.90 Å². The molecule has 134 valence electrons. The predicted molar refractivity (Wildman–Crippen MR) is 101 cm³/mol. The molecule has 0 radical (unpaired) electrons. The van der Waals surface area contributed by atoms with Crippen molar-refractivity contribution in [3.63, 3.8) is 0 Å². The predicted octanol–water partition coefficient (Wildman–Crippen LogP) is 3.53. The molecular weight excluding hydrogens is 326 g/mol. The third-order valence-corrected chi connectivity index (χ3v) is 5.19. The van der Waals surface area contributed by atoms with Gasteiger partial charge in [0.1, 0.15) is 11.6 Å². The van der Waals surface area contributed by atoms with Crippen LogP contribution in [0.3, 0.4) is 0 Å². The monoisotopic (exact) mass is 349 g/mol. The minimum absolute atomic E-state index is 0.132. The number of phenolic OH excluding ortho intramolecular Hbond substituents is 1. The summed E-state index contributed by atoms with van der Waals surface area (Å²) in [5.74, 6) is 1.59. The first-order valence-electron chi connectivity index (χ1n) is 9.11. The molecule has 1 amide bonds. The van der Waals surface area contributed by atoms with E-state index in [2.05, 4.69) is 24.0 Å². The van der Waals surface area contributed by atoms with Crippen LogP contribution in [0.25, 0.3) is 11.0 Å². The molecule has 0 aliphatic carbocycles. The second-order valence-electron chi connectivity index (χ2n) is 7.12. The number of imidazole rings is 1. The zero-order valence-electron chi connectivity index (χ0n) is 14.9. The molecule has 1 saturated heterocycles. The number of nitrogens with zero attached hydrogens (tertiary/aromatic N) is 2. The number of hydrogen-bond acceptors (Lipinski definition) is 3. The summed E-state index contributed by atoms with van der Waals surface area (Å²) in [7, 11) is 0. The van der Waals surface area contributed by atoms with Crippen LogP contribution in [0.2, 0.25) is 0 Å². The molecule has 1 aliphatic rings. The number of hydrogen-bond donors (Lipinski definition) is 2. The summed E-state index contributed by atoms with van der Waals surface area (Å²) in [6, 6.07) is 13.0. The maximum Gasteiger partial charge on any atom is 0.227 e. The van der Waals surface area contributed by atoms with Crippen LogP contribution in [-0.4, -0.2) is 39.0 Å². The van der Waals surface area contributed by atoms with Crippen molar-refractivity contribution < 1.29 is 9.90 Å². The SMILES string of the molecule is Cc1cccc2[nH]c(C3CCCN(C(=O)Cc4ccc(O)cc4)C3)nc12. The fourth-order valence-electron chi connectivity index (χ4n) is 3.72. The van der Waals surface area contributed by atoms with Gasteiger partial charge >= 0.3 is 0 Å². The van der Waals surface area contributed by atoms with Gasteiger partial charge in [-0.25, -0.2) is 4.98 Å². The number of aryl methyl sites for hydroxylation is 1. The lowest BCUT2D eigenvalue weighted by molar-refractivity contribution is -0.131. The summed E-state index contributed by atoms with van der Waals surface area (Å²) >= 11 is 0. The molecule has 2 N–H and O–H groups in total. The van der Waals surface area contributed by atoms with Crippen LogP contribution in [0.4, 0.5) is 0 Å². The van der Waals surface area contributed by atoms with Gasteiger partial charge in [0, 0.05) is 19.0 Å². The summed E-state index contributed by atoms with van der Waals surface area (Å²) in [5.41, 5.74) is 4.18. The average molecular weight is 349 g/mol. The number of rotatable bonds is 3. The second-order valence-corrected chi connectivity index (χ2v) is 7.12. The second kappa shape index (κ2) is 6.83. The number of para-hydroxylation sites is 1. The van der Waals surface area contributed by atoms with Gasteiger partial charge in [0.15, 0.2) is 0 Å². The Kier molecular flexibility index (Phi) is 4.37. The summed E-state index contributed by atoms with van der Waals surface area (Å²) in [5, 5.41) is 9.37. The van der Waals surface area contributed by atoms with Crippen molar-refractivity contribution in [1.82, 2.24) is 14.9 Å². The maximum atomic E-state index is 12.7. The molecule has 1 unspecified atom stereocenters. The van der Waals surface area contributed by atoms with E-state index < -0.39 is 0 Å². The molecule has 26 heavy (non-hydrogen) atoms. The lowest BCUT2D eigenvalue weighted by Crippen LogP contribution is -2.40. The highest BCUT2D eigenvalue weighted by atomic mass is 16.3. The number of piperidine rings is 1. The first-order valence-corrected chi connectivity index (χ1v) is 9.11. The van der Waals surface area contributed by atoms with Crippen LogP contribution in [0.5, 0.6) is 5.75 Å². The zero-order valence-corrected chi connectivity index (χ0v) is 14.9. The number of aromatic nitrogens is 2. The van der Waals surface area contributed by atoms with Gasteiger partial charge in [-0.05, 0) is 49.1 Å². The van der Waals surface area contributed by atoms with E-state index in [1.807, 2.05) is 11.0 Å². The molecule has 0 spiro atoms. The molecule has 0 saturated carbocycles. The minimum atomic E-state index is 0.132. The first-order chi connectivity index (χ1) is 12.6. The number of benzene rings is 2. The minimum Gasteiger partial charge on any atom is -0.508 e. The Labute approximate surface area is 152 Å². The third kappa shape index (κ3) is 3.29. The molecule has 4 rings (SSSR count). The van der Waals surface area contributed by atoms with E-state index >= 15 is 0 Å². The van der Waals surface area contributed by atoms with Crippen LogP contribution in [-0.2, 0) is 11.2 Å². The smallest absolute Gasteiger partial charge is 0.227 e.